The van der Waals surface area contributed by atoms with Crippen LogP contribution in [0, 0.1) is 11.8 Å². The summed E-state index contributed by atoms with van der Waals surface area (Å²) >= 11 is 0. The minimum Gasteiger partial charge on any atom is -0.504 e. The van der Waals surface area contributed by atoms with E-state index in [-0.39, 0.29) is 29.3 Å². The van der Waals surface area contributed by atoms with E-state index in [1.807, 2.05) is 0 Å². The van der Waals surface area contributed by atoms with Crippen molar-refractivity contribution in [2.24, 2.45) is 0 Å². The number of rotatable bonds is 2. The first-order valence-corrected chi connectivity index (χ1v) is 5.65. The minimum atomic E-state index is -0.746. The molecule has 102 valence electrons. The van der Waals surface area contributed by atoms with Gasteiger partial charge in [-0.1, -0.05) is 5.92 Å². The van der Waals surface area contributed by atoms with Gasteiger partial charge in [-0.15, -0.1) is 0 Å². The third-order valence-electron chi connectivity index (χ3n) is 2.48. The molecule has 0 unspecified atom stereocenters. The van der Waals surface area contributed by atoms with Gasteiger partial charge in [-0.3, -0.25) is 9.78 Å². The Morgan fingerprint density at radius 3 is 2.90 bits per heavy atom. The number of hydrogen-bond donors (Lipinski definition) is 4. The van der Waals surface area contributed by atoms with Crippen LogP contribution in [0.4, 0.5) is 0 Å². The Hall–Kier alpha value is -2.69. The lowest BCUT2D eigenvalue weighted by Gasteiger charge is -2.08. The van der Waals surface area contributed by atoms with Crippen molar-refractivity contribution in [2.75, 3.05) is 13.3 Å². The zero-order valence-electron chi connectivity index (χ0n) is 10.3. The van der Waals surface area contributed by atoms with Crippen LogP contribution in [0.3, 0.4) is 0 Å². The summed E-state index contributed by atoms with van der Waals surface area (Å²) < 4.78 is 0. The first kappa shape index (κ1) is 13.7. The summed E-state index contributed by atoms with van der Waals surface area (Å²) in [4.78, 5) is 19.7. The molecule has 0 fully saturated rings. The van der Waals surface area contributed by atoms with Gasteiger partial charge in [0.2, 0.25) is 0 Å². The molecule has 7 heteroatoms. The summed E-state index contributed by atoms with van der Waals surface area (Å²) in [6, 6.07) is 3.28. The van der Waals surface area contributed by atoms with Gasteiger partial charge in [0.25, 0.3) is 5.91 Å². The predicted octanol–water partition coefficient (Wildman–Crippen LogP) is -0.641. The predicted molar refractivity (Wildman–Crippen MR) is 69.7 cm³/mol. The minimum absolute atomic E-state index is 0.174. The highest BCUT2D eigenvalue weighted by Crippen LogP contribution is 2.27. The number of aliphatic hydroxyl groups is 2. The molecule has 1 amide bonds. The lowest BCUT2D eigenvalue weighted by molar-refractivity contribution is 0.0902. The van der Waals surface area contributed by atoms with E-state index in [0.29, 0.717) is 5.39 Å². The molecular formula is C13H11N3O4. The van der Waals surface area contributed by atoms with Crippen LogP contribution in [0.1, 0.15) is 16.2 Å². The molecule has 20 heavy (non-hydrogen) atoms. The van der Waals surface area contributed by atoms with E-state index in [0.717, 1.165) is 0 Å². The second kappa shape index (κ2) is 5.97. The Morgan fingerprint density at radius 1 is 1.40 bits per heavy atom. The van der Waals surface area contributed by atoms with Crippen molar-refractivity contribution in [3.05, 3.63) is 29.7 Å². The Morgan fingerprint density at radius 2 is 2.20 bits per heavy atom. The van der Waals surface area contributed by atoms with Gasteiger partial charge in [0.05, 0.1) is 0 Å². The zero-order valence-corrected chi connectivity index (χ0v) is 10.3. The number of nitrogens with one attached hydrogen (secondary N) is 1. The quantitative estimate of drug-likeness (QED) is 0.427. The molecule has 0 aromatic carbocycles. The Labute approximate surface area is 113 Å². The summed E-state index contributed by atoms with van der Waals surface area (Å²) in [7, 11) is 0. The van der Waals surface area contributed by atoms with E-state index in [1.54, 1.807) is 12.1 Å². The first-order valence-electron chi connectivity index (χ1n) is 5.65. The lowest BCUT2D eigenvalue weighted by atomic mass is 10.1. The van der Waals surface area contributed by atoms with Gasteiger partial charge >= 0.3 is 0 Å². The molecule has 7 nitrogen and oxygen atoms in total. The van der Waals surface area contributed by atoms with Gasteiger partial charge in [0.15, 0.2) is 11.4 Å². The SMILES string of the molecule is O=C(NCO)c1nc(C#CCO)c2cccnc2c1O. The lowest BCUT2D eigenvalue weighted by Crippen LogP contribution is -2.25. The van der Waals surface area contributed by atoms with Gasteiger partial charge in [0, 0.05) is 11.6 Å². The maximum atomic E-state index is 11.7. The standard InChI is InChI=1S/C13H11N3O4/c17-6-2-4-9-8-3-1-5-14-10(8)12(19)11(16-9)13(20)15-7-18/h1,3,5,17-19H,6-7H2,(H,15,20). The highest BCUT2D eigenvalue weighted by molar-refractivity contribution is 6.01. The van der Waals surface area contributed by atoms with Crippen LogP contribution in [0.5, 0.6) is 5.75 Å². The van der Waals surface area contributed by atoms with E-state index in [4.69, 9.17) is 10.2 Å². The van der Waals surface area contributed by atoms with Crippen molar-refractivity contribution in [3.8, 4) is 17.6 Å². The molecule has 4 N–H and O–H groups in total. The first-order chi connectivity index (χ1) is 9.69. The Bertz CT molecular complexity index is 719. The monoisotopic (exact) mass is 273 g/mol. The number of aliphatic hydroxyl groups excluding tert-OH is 2. The van der Waals surface area contributed by atoms with Crippen molar-refractivity contribution in [2.45, 2.75) is 0 Å². The molecule has 0 saturated heterocycles. The molecule has 0 aliphatic rings. The van der Waals surface area contributed by atoms with Crippen LogP contribution in [-0.2, 0) is 0 Å². The number of aromatic nitrogens is 2. The van der Waals surface area contributed by atoms with Gasteiger partial charge in [-0.2, -0.15) is 0 Å². The van der Waals surface area contributed by atoms with E-state index < -0.39 is 12.6 Å². The zero-order chi connectivity index (χ0) is 14.5. The molecule has 0 aliphatic carbocycles. The van der Waals surface area contributed by atoms with Crippen molar-refractivity contribution in [1.29, 1.82) is 0 Å². The molecular weight excluding hydrogens is 262 g/mol. The number of aromatic hydroxyl groups is 1. The fraction of sp³-hybridized carbons (Fsp3) is 0.154. The topological polar surface area (TPSA) is 116 Å². The van der Waals surface area contributed by atoms with E-state index in [1.165, 1.54) is 6.20 Å². The molecule has 0 aliphatic heterocycles. The number of hydrogen-bond acceptors (Lipinski definition) is 6. The van der Waals surface area contributed by atoms with Gasteiger partial charge in [0.1, 0.15) is 24.5 Å². The summed E-state index contributed by atoms with van der Waals surface area (Å²) in [5.74, 6) is 3.89. The molecule has 0 spiro atoms. The molecule has 2 aromatic rings. The second-order valence-electron chi connectivity index (χ2n) is 3.68. The third-order valence-corrected chi connectivity index (χ3v) is 2.48. The van der Waals surface area contributed by atoms with Crippen LogP contribution in [0.15, 0.2) is 18.3 Å². The molecule has 2 heterocycles. The van der Waals surface area contributed by atoms with Crippen LogP contribution in [0.25, 0.3) is 10.9 Å². The number of nitrogens with zero attached hydrogens (tertiary/aromatic N) is 2. The number of fused-ring (bicyclic) bond motifs is 1. The van der Waals surface area contributed by atoms with Crippen molar-refractivity contribution in [3.63, 3.8) is 0 Å². The van der Waals surface area contributed by atoms with E-state index in [2.05, 4.69) is 27.1 Å². The van der Waals surface area contributed by atoms with Crippen molar-refractivity contribution in [1.82, 2.24) is 15.3 Å². The number of carbonyl (C=O) groups is 1. The van der Waals surface area contributed by atoms with E-state index in [9.17, 15) is 9.90 Å². The summed E-state index contributed by atoms with van der Waals surface area (Å²) in [5, 5.41) is 30.0. The van der Waals surface area contributed by atoms with Gasteiger partial charge in [-0.25, -0.2) is 4.98 Å². The number of carbonyl (C=O) groups excluding carboxylic acids is 1. The fourth-order valence-electron chi connectivity index (χ4n) is 1.65. The largest absolute Gasteiger partial charge is 0.504 e. The van der Waals surface area contributed by atoms with Crippen molar-refractivity contribution < 1.29 is 20.1 Å². The number of amides is 1. The molecule has 0 bridgehead atoms. The highest BCUT2D eigenvalue weighted by Gasteiger charge is 2.18. The third kappa shape index (κ3) is 2.51. The van der Waals surface area contributed by atoms with Crippen molar-refractivity contribution >= 4 is 16.8 Å². The molecule has 0 atom stereocenters. The highest BCUT2D eigenvalue weighted by atomic mass is 16.3. The number of pyridine rings is 2. The Balaban J connectivity index is 2.71. The van der Waals surface area contributed by atoms with Crippen LogP contribution < -0.4 is 5.32 Å². The summed E-state index contributed by atoms with van der Waals surface area (Å²) in [6.45, 7) is -0.944. The van der Waals surface area contributed by atoms with Crippen LogP contribution in [-0.4, -0.2) is 44.5 Å². The molecule has 0 radical (unpaired) electrons. The maximum absolute atomic E-state index is 11.7. The second-order valence-corrected chi connectivity index (χ2v) is 3.68. The smallest absolute Gasteiger partial charge is 0.275 e. The van der Waals surface area contributed by atoms with Gasteiger partial charge in [-0.05, 0) is 18.1 Å². The van der Waals surface area contributed by atoms with E-state index >= 15 is 0 Å². The van der Waals surface area contributed by atoms with Crippen LogP contribution >= 0.6 is 0 Å². The summed E-state index contributed by atoms with van der Waals surface area (Å²) in [6.07, 6.45) is 1.46. The molecule has 0 saturated carbocycles. The summed E-state index contributed by atoms with van der Waals surface area (Å²) in [5.41, 5.74) is 0.100. The van der Waals surface area contributed by atoms with Crippen LogP contribution in [0.2, 0.25) is 0 Å². The average molecular weight is 273 g/mol. The molecule has 2 aromatic heterocycles. The molecule has 2 rings (SSSR count). The van der Waals surface area contributed by atoms with Gasteiger partial charge < -0.3 is 20.6 Å². The maximum Gasteiger partial charge on any atom is 0.275 e. The fourth-order valence-corrected chi connectivity index (χ4v) is 1.65. The average Bonchev–Trinajstić information content (AvgIpc) is 2.47. The normalized spacial score (nSPS) is 9.90. The Kier molecular flexibility index (Phi) is 4.10.